The van der Waals surface area contributed by atoms with Crippen LogP contribution in [0, 0.1) is 17.6 Å². The summed E-state index contributed by atoms with van der Waals surface area (Å²) >= 11 is 0. The zero-order chi connectivity index (χ0) is 14.7. The molecule has 1 atom stereocenters. The van der Waals surface area contributed by atoms with E-state index in [-0.39, 0.29) is 0 Å². The molecule has 0 unspecified atom stereocenters. The van der Waals surface area contributed by atoms with Crippen molar-refractivity contribution in [2.24, 2.45) is 5.92 Å². The third-order valence-corrected chi connectivity index (χ3v) is 3.82. The number of rotatable bonds is 3. The molecule has 2 aromatic rings. The van der Waals surface area contributed by atoms with E-state index >= 15 is 0 Å². The zero-order valence-corrected chi connectivity index (χ0v) is 11.6. The van der Waals surface area contributed by atoms with Crippen molar-refractivity contribution >= 4 is 0 Å². The fourth-order valence-corrected chi connectivity index (χ4v) is 2.66. The Balaban J connectivity index is 1.72. The molecule has 0 bridgehead atoms. The number of nitrogens with zero attached hydrogens (tertiary/aromatic N) is 2. The Morgan fingerprint density at radius 1 is 1.14 bits per heavy atom. The lowest BCUT2D eigenvalue weighted by atomic mass is 9.95. The Bertz CT molecular complexity index is 607. The number of piperidine rings is 1. The molecular weight excluding hydrogens is 272 g/mol. The third kappa shape index (κ3) is 3.42. The molecule has 1 fully saturated rings. The maximum Gasteiger partial charge on any atom is 0.159 e. The molecule has 0 aliphatic carbocycles. The lowest BCUT2D eigenvalue weighted by Crippen LogP contribution is -2.31. The van der Waals surface area contributed by atoms with Crippen LogP contribution in [0.4, 0.5) is 8.78 Å². The maximum absolute atomic E-state index is 13.2. The van der Waals surface area contributed by atoms with Crippen LogP contribution in [0.15, 0.2) is 30.6 Å². The molecule has 3 rings (SSSR count). The second-order valence-electron chi connectivity index (χ2n) is 5.44. The van der Waals surface area contributed by atoms with Crippen LogP contribution in [0.5, 0.6) is 0 Å². The van der Waals surface area contributed by atoms with Gasteiger partial charge in [-0.1, -0.05) is 0 Å². The van der Waals surface area contributed by atoms with Crippen molar-refractivity contribution < 1.29 is 8.78 Å². The average Bonchev–Trinajstić information content (AvgIpc) is 2.52. The van der Waals surface area contributed by atoms with Gasteiger partial charge in [-0.2, -0.15) is 0 Å². The van der Waals surface area contributed by atoms with Crippen LogP contribution in [0.1, 0.15) is 18.5 Å². The van der Waals surface area contributed by atoms with Crippen LogP contribution in [0.25, 0.3) is 11.3 Å². The van der Waals surface area contributed by atoms with Crippen molar-refractivity contribution in [1.82, 2.24) is 15.3 Å². The van der Waals surface area contributed by atoms with Crippen molar-refractivity contribution in [2.75, 3.05) is 13.1 Å². The van der Waals surface area contributed by atoms with E-state index in [4.69, 9.17) is 0 Å². The van der Waals surface area contributed by atoms with Crippen LogP contribution in [0.3, 0.4) is 0 Å². The van der Waals surface area contributed by atoms with Gasteiger partial charge in [-0.15, -0.1) is 0 Å². The van der Waals surface area contributed by atoms with E-state index in [2.05, 4.69) is 15.3 Å². The SMILES string of the molecule is Fc1ccc(-c2cnc(C[C@H]3CCCNC3)cn2)cc1F. The molecule has 21 heavy (non-hydrogen) atoms. The van der Waals surface area contributed by atoms with Gasteiger partial charge in [0.1, 0.15) is 0 Å². The van der Waals surface area contributed by atoms with E-state index in [1.54, 1.807) is 12.4 Å². The summed E-state index contributed by atoms with van der Waals surface area (Å²) in [5.74, 6) is -1.12. The lowest BCUT2D eigenvalue weighted by molar-refractivity contribution is 0.373. The zero-order valence-electron chi connectivity index (χ0n) is 11.6. The Kier molecular flexibility index (Phi) is 4.20. The van der Waals surface area contributed by atoms with Gasteiger partial charge in [0.2, 0.25) is 0 Å². The van der Waals surface area contributed by atoms with E-state index in [1.807, 2.05) is 0 Å². The summed E-state index contributed by atoms with van der Waals surface area (Å²) in [6, 6.07) is 3.76. The molecule has 2 heterocycles. The van der Waals surface area contributed by atoms with E-state index < -0.39 is 11.6 Å². The van der Waals surface area contributed by atoms with Gasteiger partial charge < -0.3 is 5.32 Å². The number of hydrogen-bond acceptors (Lipinski definition) is 3. The minimum absolute atomic E-state index is 0.535. The van der Waals surface area contributed by atoms with Gasteiger partial charge in [0, 0.05) is 11.8 Å². The summed E-state index contributed by atoms with van der Waals surface area (Å²) in [6.45, 7) is 2.11. The van der Waals surface area contributed by atoms with Gasteiger partial charge in [-0.25, -0.2) is 8.78 Å². The monoisotopic (exact) mass is 289 g/mol. The normalized spacial score (nSPS) is 18.7. The smallest absolute Gasteiger partial charge is 0.159 e. The molecule has 110 valence electrons. The van der Waals surface area contributed by atoms with E-state index in [1.165, 1.54) is 18.9 Å². The fraction of sp³-hybridized carbons (Fsp3) is 0.375. The molecule has 0 radical (unpaired) electrons. The summed E-state index contributed by atoms with van der Waals surface area (Å²) in [7, 11) is 0. The van der Waals surface area contributed by atoms with E-state index in [0.29, 0.717) is 17.2 Å². The molecule has 1 saturated heterocycles. The number of benzene rings is 1. The highest BCUT2D eigenvalue weighted by Crippen LogP contribution is 2.20. The Morgan fingerprint density at radius 2 is 2.05 bits per heavy atom. The van der Waals surface area contributed by atoms with Crippen molar-refractivity contribution in [3.05, 3.63) is 47.9 Å². The van der Waals surface area contributed by atoms with Crippen molar-refractivity contribution in [2.45, 2.75) is 19.3 Å². The molecule has 1 aromatic heterocycles. The van der Waals surface area contributed by atoms with E-state index in [9.17, 15) is 8.78 Å². The van der Waals surface area contributed by atoms with Gasteiger partial charge in [0.05, 0.1) is 17.6 Å². The van der Waals surface area contributed by atoms with Crippen molar-refractivity contribution in [3.8, 4) is 11.3 Å². The fourth-order valence-electron chi connectivity index (χ4n) is 2.66. The molecule has 0 spiro atoms. The first-order chi connectivity index (χ1) is 10.2. The van der Waals surface area contributed by atoms with Crippen LogP contribution in [-0.2, 0) is 6.42 Å². The second-order valence-corrected chi connectivity index (χ2v) is 5.44. The van der Waals surface area contributed by atoms with Gasteiger partial charge >= 0.3 is 0 Å². The molecule has 1 N–H and O–H groups in total. The number of halogens is 2. The molecular formula is C16H17F2N3. The summed E-state index contributed by atoms with van der Waals surface area (Å²) in [6.07, 6.45) is 6.66. The maximum atomic E-state index is 13.2. The predicted molar refractivity (Wildman–Crippen MR) is 76.7 cm³/mol. The highest BCUT2D eigenvalue weighted by molar-refractivity contribution is 5.57. The quantitative estimate of drug-likeness (QED) is 0.944. The standard InChI is InChI=1S/C16H17F2N3/c17-14-4-3-12(7-15(14)18)16-10-20-13(9-21-16)6-11-2-1-5-19-8-11/h3-4,7,9-11,19H,1-2,5-6,8H2/t11-/m1/s1. The first-order valence-electron chi connectivity index (χ1n) is 7.19. The minimum atomic E-state index is -0.869. The van der Waals surface area contributed by atoms with Crippen molar-refractivity contribution in [1.29, 1.82) is 0 Å². The highest BCUT2D eigenvalue weighted by Gasteiger charge is 2.14. The molecule has 0 saturated carbocycles. The third-order valence-electron chi connectivity index (χ3n) is 3.82. The molecule has 1 aliphatic heterocycles. The van der Waals surface area contributed by atoms with E-state index in [0.717, 1.165) is 37.3 Å². The molecule has 1 aliphatic rings. The largest absolute Gasteiger partial charge is 0.316 e. The van der Waals surface area contributed by atoms with Crippen LogP contribution in [-0.4, -0.2) is 23.1 Å². The lowest BCUT2D eigenvalue weighted by Gasteiger charge is -2.22. The van der Waals surface area contributed by atoms with Crippen molar-refractivity contribution in [3.63, 3.8) is 0 Å². The summed E-state index contributed by atoms with van der Waals surface area (Å²) in [5.41, 5.74) is 2.03. The van der Waals surface area contributed by atoms with Crippen LogP contribution >= 0.6 is 0 Å². The predicted octanol–water partition coefficient (Wildman–Crippen LogP) is 2.96. The van der Waals surface area contributed by atoms with Gasteiger partial charge in [0.25, 0.3) is 0 Å². The number of nitrogens with one attached hydrogen (secondary N) is 1. The van der Waals surface area contributed by atoms with Gasteiger partial charge in [0.15, 0.2) is 11.6 Å². The number of aromatic nitrogens is 2. The highest BCUT2D eigenvalue weighted by atomic mass is 19.2. The van der Waals surface area contributed by atoms with Gasteiger partial charge in [-0.05, 0) is 56.5 Å². The molecule has 3 nitrogen and oxygen atoms in total. The topological polar surface area (TPSA) is 37.8 Å². The first-order valence-corrected chi connectivity index (χ1v) is 7.19. The summed E-state index contributed by atoms with van der Waals surface area (Å²) in [5, 5.41) is 3.38. The Labute approximate surface area is 122 Å². The molecule has 5 heteroatoms. The van der Waals surface area contributed by atoms with Gasteiger partial charge in [-0.3, -0.25) is 9.97 Å². The number of hydrogen-bond donors (Lipinski definition) is 1. The van der Waals surface area contributed by atoms with Crippen LogP contribution < -0.4 is 5.32 Å². The van der Waals surface area contributed by atoms with Crippen LogP contribution in [0.2, 0.25) is 0 Å². The Hall–Kier alpha value is -1.88. The summed E-state index contributed by atoms with van der Waals surface area (Å²) in [4.78, 5) is 8.71. The summed E-state index contributed by atoms with van der Waals surface area (Å²) < 4.78 is 26.1. The molecule has 1 aromatic carbocycles. The molecule has 0 amide bonds. The minimum Gasteiger partial charge on any atom is -0.316 e. The second kappa shape index (κ2) is 6.26. The average molecular weight is 289 g/mol. The Morgan fingerprint density at radius 3 is 2.71 bits per heavy atom. The first kappa shape index (κ1) is 14.1.